The van der Waals surface area contributed by atoms with Crippen LogP contribution in [0.4, 0.5) is 10.5 Å². The van der Waals surface area contributed by atoms with E-state index in [2.05, 4.69) is 16.7 Å². The first-order valence-electron chi connectivity index (χ1n) is 6.31. The van der Waals surface area contributed by atoms with Crippen molar-refractivity contribution < 1.29 is 14.7 Å². The molecule has 0 aliphatic heterocycles. The van der Waals surface area contributed by atoms with E-state index in [1.165, 1.54) is 6.07 Å². The highest BCUT2D eigenvalue weighted by Gasteiger charge is 2.16. The van der Waals surface area contributed by atoms with Crippen LogP contribution in [0.25, 0.3) is 0 Å². The van der Waals surface area contributed by atoms with Crippen molar-refractivity contribution in [3.05, 3.63) is 39.5 Å². The molecule has 6 heteroatoms. The summed E-state index contributed by atoms with van der Waals surface area (Å²) in [7, 11) is 0. The summed E-state index contributed by atoms with van der Waals surface area (Å²) in [6.45, 7) is 0. The number of anilines is 1. The molecule has 2 rings (SSSR count). The van der Waals surface area contributed by atoms with Gasteiger partial charge in [-0.05, 0) is 60.1 Å². The summed E-state index contributed by atoms with van der Waals surface area (Å²) in [5.41, 5.74) is 0.400. The lowest BCUT2D eigenvalue weighted by atomic mass is 10.0. The Balaban J connectivity index is 2.03. The molecule has 1 aliphatic carbocycles. The monoisotopic (exact) mass is 386 g/mol. The summed E-state index contributed by atoms with van der Waals surface area (Å²) in [5.74, 6) is -1.06. The fourth-order valence-electron chi connectivity index (χ4n) is 2.07. The molecule has 0 bridgehead atoms. The highest BCUT2D eigenvalue weighted by atomic mass is 127. The van der Waals surface area contributed by atoms with Crippen LogP contribution < -0.4 is 10.6 Å². The van der Waals surface area contributed by atoms with Crippen LogP contribution in [0, 0.1) is 3.57 Å². The van der Waals surface area contributed by atoms with E-state index in [0.29, 0.717) is 5.69 Å². The van der Waals surface area contributed by atoms with Crippen molar-refractivity contribution in [3.63, 3.8) is 0 Å². The van der Waals surface area contributed by atoms with E-state index < -0.39 is 5.97 Å². The lowest BCUT2D eigenvalue weighted by Crippen LogP contribution is -2.38. The lowest BCUT2D eigenvalue weighted by molar-refractivity contribution is 0.0698. The summed E-state index contributed by atoms with van der Waals surface area (Å²) >= 11 is 2.03. The molecule has 5 nitrogen and oxygen atoms in total. The van der Waals surface area contributed by atoms with Gasteiger partial charge in [0.05, 0.1) is 11.3 Å². The van der Waals surface area contributed by atoms with Crippen LogP contribution in [0.3, 0.4) is 0 Å². The number of aromatic carboxylic acids is 1. The van der Waals surface area contributed by atoms with Crippen LogP contribution in [-0.2, 0) is 0 Å². The van der Waals surface area contributed by atoms with E-state index >= 15 is 0 Å². The van der Waals surface area contributed by atoms with E-state index in [1.54, 1.807) is 12.1 Å². The summed E-state index contributed by atoms with van der Waals surface area (Å²) < 4.78 is 0.809. The zero-order valence-corrected chi connectivity index (χ0v) is 12.9. The molecule has 1 aliphatic rings. The largest absolute Gasteiger partial charge is 0.478 e. The van der Waals surface area contributed by atoms with E-state index in [-0.39, 0.29) is 17.6 Å². The van der Waals surface area contributed by atoms with Gasteiger partial charge < -0.3 is 15.7 Å². The smallest absolute Gasteiger partial charge is 0.337 e. The second kappa shape index (κ2) is 6.74. The number of halogens is 1. The maximum Gasteiger partial charge on any atom is 0.337 e. The number of nitrogens with one attached hydrogen (secondary N) is 2. The van der Waals surface area contributed by atoms with Crippen molar-refractivity contribution in [3.8, 4) is 0 Å². The predicted octanol–water partition coefficient (Wildman–Crippen LogP) is 3.22. The van der Waals surface area contributed by atoms with Gasteiger partial charge in [0.2, 0.25) is 0 Å². The summed E-state index contributed by atoms with van der Waals surface area (Å²) in [4.78, 5) is 23.1. The molecule has 0 fully saturated rings. The number of carbonyl (C=O) groups excluding carboxylic acids is 1. The second-order valence-electron chi connectivity index (χ2n) is 4.57. The number of urea groups is 1. The number of carbonyl (C=O) groups is 2. The van der Waals surface area contributed by atoms with Gasteiger partial charge >= 0.3 is 12.0 Å². The molecule has 1 aromatic rings. The van der Waals surface area contributed by atoms with Crippen LogP contribution in [0.1, 0.15) is 29.6 Å². The van der Waals surface area contributed by atoms with Gasteiger partial charge in [0.15, 0.2) is 0 Å². The number of hydrogen-bond acceptors (Lipinski definition) is 2. The van der Waals surface area contributed by atoms with Crippen molar-refractivity contribution >= 4 is 40.3 Å². The van der Waals surface area contributed by atoms with Gasteiger partial charge in [0, 0.05) is 9.61 Å². The predicted molar refractivity (Wildman–Crippen MR) is 85.1 cm³/mol. The molecule has 1 atom stereocenters. The lowest BCUT2D eigenvalue weighted by Gasteiger charge is -2.20. The number of amides is 2. The molecular formula is C14H15IN2O3. The van der Waals surface area contributed by atoms with Gasteiger partial charge in [-0.1, -0.05) is 12.2 Å². The first-order valence-corrected chi connectivity index (χ1v) is 7.39. The number of carboxylic acid groups (broad SMARTS) is 1. The van der Waals surface area contributed by atoms with Gasteiger partial charge in [0.25, 0.3) is 0 Å². The Morgan fingerprint density at radius 1 is 1.30 bits per heavy atom. The quantitative estimate of drug-likeness (QED) is 0.552. The Kier molecular flexibility index (Phi) is 4.99. The topological polar surface area (TPSA) is 78.4 Å². The minimum atomic E-state index is -1.06. The highest BCUT2D eigenvalue weighted by molar-refractivity contribution is 14.1. The molecule has 0 heterocycles. The Hall–Kier alpha value is -1.57. The molecule has 1 aromatic carbocycles. The standard InChI is InChI=1S/C14H15IN2O3/c15-9-6-7-12(11(8-9)13(18)19)17-14(20)16-10-4-2-1-3-5-10/h1-2,6-8,10H,3-5H2,(H,18,19)(H2,16,17,20). The van der Waals surface area contributed by atoms with Gasteiger partial charge in [-0.15, -0.1) is 0 Å². The second-order valence-corrected chi connectivity index (χ2v) is 5.82. The highest BCUT2D eigenvalue weighted by Crippen LogP contribution is 2.19. The zero-order chi connectivity index (χ0) is 14.5. The molecule has 0 radical (unpaired) electrons. The van der Waals surface area contributed by atoms with Crippen LogP contribution in [0.2, 0.25) is 0 Å². The molecule has 0 saturated heterocycles. The van der Waals surface area contributed by atoms with Crippen molar-refractivity contribution in [2.45, 2.75) is 25.3 Å². The van der Waals surface area contributed by atoms with Crippen LogP contribution >= 0.6 is 22.6 Å². The van der Waals surface area contributed by atoms with Crippen LogP contribution in [-0.4, -0.2) is 23.1 Å². The third-order valence-electron chi connectivity index (χ3n) is 3.06. The molecule has 0 spiro atoms. The van der Waals surface area contributed by atoms with Gasteiger partial charge in [-0.3, -0.25) is 0 Å². The van der Waals surface area contributed by atoms with Crippen LogP contribution in [0.5, 0.6) is 0 Å². The van der Waals surface area contributed by atoms with Crippen molar-refractivity contribution in [2.24, 2.45) is 0 Å². The fraction of sp³-hybridized carbons (Fsp3) is 0.286. The Labute approximate surface area is 130 Å². The molecular weight excluding hydrogens is 371 g/mol. The number of benzene rings is 1. The van der Waals surface area contributed by atoms with E-state index in [0.717, 1.165) is 22.8 Å². The Morgan fingerprint density at radius 2 is 2.10 bits per heavy atom. The Morgan fingerprint density at radius 3 is 2.75 bits per heavy atom. The van der Waals surface area contributed by atoms with Gasteiger partial charge in [0.1, 0.15) is 0 Å². The van der Waals surface area contributed by atoms with Gasteiger partial charge in [-0.25, -0.2) is 9.59 Å². The Bertz CT molecular complexity index is 557. The number of rotatable bonds is 3. The first kappa shape index (κ1) is 14.8. The maximum absolute atomic E-state index is 11.9. The molecule has 0 saturated carbocycles. The normalized spacial score (nSPS) is 17.6. The summed E-state index contributed by atoms with van der Waals surface area (Å²) in [5, 5.41) is 14.6. The molecule has 2 amide bonds. The molecule has 3 N–H and O–H groups in total. The summed E-state index contributed by atoms with van der Waals surface area (Å²) in [6, 6.07) is 4.63. The minimum absolute atomic E-state index is 0.0931. The third-order valence-corrected chi connectivity index (χ3v) is 3.74. The molecule has 1 unspecified atom stereocenters. The average Bonchev–Trinajstić information content (AvgIpc) is 2.41. The average molecular weight is 386 g/mol. The van der Waals surface area contributed by atoms with Crippen molar-refractivity contribution in [2.75, 3.05) is 5.32 Å². The van der Waals surface area contributed by atoms with E-state index in [9.17, 15) is 9.59 Å². The number of allylic oxidation sites excluding steroid dienone is 1. The molecule has 20 heavy (non-hydrogen) atoms. The molecule has 106 valence electrons. The first-order chi connectivity index (χ1) is 9.56. The molecule has 0 aromatic heterocycles. The van der Waals surface area contributed by atoms with E-state index in [4.69, 9.17) is 5.11 Å². The maximum atomic E-state index is 11.9. The van der Waals surface area contributed by atoms with Gasteiger partial charge in [-0.2, -0.15) is 0 Å². The van der Waals surface area contributed by atoms with E-state index in [1.807, 2.05) is 28.7 Å². The zero-order valence-electron chi connectivity index (χ0n) is 10.7. The SMILES string of the molecule is O=C(Nc1ccc(I)cc1C(=O)O)NC1CC=CCC1. The summed E-state index contributed by atoms with van der Waals surface area (Å²) in [6.07, 6.45) is 6.81. The number of hydrogen-bond donors (Lipinski definition) is 3. The minimum Gasteiger partial charge on any atom is -0.478 e. The fourth-order valence-corrected chi connectivity index (χ4v) is 2.56. The number of carboxylic acids is 1. The third kappa shape index (κ3) is 3.96. The van der Waals surface area contributed by atoms with Crippen molar-refractivity contribution in [1.82, 2.24) is 5.32 Å². The van der Waals surface area contributed by atoms with Crippen LogP contribution in [0.15, 0.2) is 30.4 Å². The van der Waals surface area contributed by atoms with Crippen molar-refractivity contribution in [1.29, 1.82) is 0 Å².